The van der Waals surface area contributed by atoms with Crippen LogP contribution < -0.4 is 4.90 Å². The zero-order valence-corrected chi connectivity index (χ0v) is 17.3. The van der Waals surface area contributed by atoms with Gasteiger partial charge in [0.1, 0.15) is 0 Å². The van der Waals surface area contributed by atoms with Gasteiger partial charge in [-0.25, -0.2) is 0 Å². The summed E-state index contributed by atoms with van der Waals surface area (Å²) in [6.45, 7) is 9.75. The van der Waals surface area contributed by atoms with Crippen molar-refractivity contribution in [2.75, 3.05) is 44.7 Å². The van der Waals surface area contributed by atoms with E-state index in [2.05, 4.69) is 59.9 Å². The second kappa shape index (κ2) is 7.56. The molecular formula is C23H35N3O. The van der Waals surface area contributed by atoms with Crippen molar-refractivity contribution in [3.8, 4) is 0 Å². The van der Waals surface area contributed by atoms with Gasteiger partial charge in [-0.05, 0) is 69.3 Å². The average Bonchev–Trinajstić information content (AvgIpc) is 3.27. The largest absolute Gasteiger partial charge is 0.312 e. The van der Waals surface area contributed by atoms with Crippen LogP contribution in [0.25, 0.3) is 0 Å². The van der Waals surface area contributed by atoms with Crippen molar-refractivity contribution in [2.24, 2.45) is 11.3 Å². The van der Waals surface area contributed by atoms with Crippen LogP contribution in [-0.4, -0.2) is 61.5 Å². The number of anilines is 1. The summed E-state index contributed by atoms with van der Waals surface area (Å²) in [7, 11) is 2.22. The molecule has 0 aliphatic carbocycles. The molecule has 1 aromatic carbocycles. The summed E-state index contributed by atoms with van der Waals surface area (Å²) in [4.78, 5) is 21.0. The van der Waals surface area contributed by atoms with Crippen LogP contribution in [0.15, 0.2) is 24.3 Å². The Morgan fingerprint density at radius 3 is 2.56 bits per heavy atom. The second-order valence-electron chi connectivity index (χ2n) is 8.99. The number of hydrogen-bond acceptors (Lipinski definition) is 3. The van der Waals surface area contributed by atoms with Crippen LogP contribution in [0.4, 0.5) is 5.69 Å². The van der Waals surface area contributed by atoms with Crippen LogP contribution in [0, 0.1) is 11.3 Å². The summed E-state index contributed by atoms with van der Waals surface area (Å²) in [5.74, 6) is 0.538. The summed E-state index contributed by atoms with van der Waals surface area (Å²) in [5, 5.41) is 0. The number of benzene rings is 1. The van der Waals surface area contributed by atoms with Gasteiger partial charge in [-0.15, -0.1) is 0 Å². The van der Waals surface area contributed by atoms with E-state index in [1.54, 1.807) is 0 Å². The number of rotatable bonds is 4. The highest BCUT2D eigenvalue weighted by atomic mass is 16.2. The molecule has 1 amide bonds. The first-order chi connectivity index (χ1) is 13.1. The molecule has 4 heteroatoms. The Kier molecular flexibility index (Phi) is 5.30. The number of piperidine rings is 1. The van der Waals surface area contributed by atoms with Crippen molar-refractivity contribution >= 4 is 11.6 Å². The monoisotopic (exact) mass is 369 g/mol. The number of para-hydroxylation sites is 1. The van der Waals surface area contributed by atoms with Crippen molar-refractivity contribution in [1.82, 2.24) is 9.80 Å². The molecule has 4 rings (SSSR count). The normalized spacial score (nSPS) is 25.5. The molecule has 1 unspecified atom stereocenters. The summed E-state index contributed by atoms with van der Waals surface area (Å²) >= 11 is 0. The number of amides is 1. The van der Waals surface area contributed by atoms with E-state index in [0.717, 1.165) is 57.7 Å². The molecule has 3 aliphatic heterocycles. The van der Waals surface area contributed by atoms with Crippen molar-refractivity contribution in [3.63, 3.8) is 0 Å². The van der Waals surface area contributed by atoms with Crippen LogP contribution in [0.3, 0.4) is 0 Å². The smallest absolute Gasteiger partial charge is 0.232 e. The number of likely N-dealkylation sites (tertiary alicyclic amines) is 2. The molecule has 0 bridgehead atoms. The highest BCUT2D eigenvalue weighted by Gasteiger charge is 2.53. The molecule has 3 heterocycles. The highest BCUT2D eigenvalue weighted by molar-refractivity contribution is 5.97. The number of hydrogen-bond donors (Lipinski definition) is 0. The molecule has 1 atom stereocenters. The second-order valence-corrected chi connectivity index (χ2v) is 8.99. The lowest BCUT2D eigenvalue weighted by Gasteiger charge is -2.42. The summed E-state index contributed by atoms with van der Waals surface area (Å²) in [5.41, 5.74) is 2.66. The fourth-order valence-corrected chi connectivity index (χ4v) is 5.76. The van der Waals surface area contributed by atoms with Crippen LogP contribution in [0.2, 0.25) is 0 Å². The van der Waals surface area contributed by atoms with Crippen LogP contribution >= 0.6 is 0 Å². The van der Waals surface area contributed by atoms with Crippen LogP contribution in [0.1, 0.15) is 45.1 Å². The summed E-state index contributed by atoms with van der Waals surface area (Å²) in [6.07, 6.45) is 5.68. The number of carbonyl (C=O) groups is 1. The van der Waals surface area contributed by atoms with Crippen molar-refractivity contribution < 1.29 is 4.79 Å². The van der Waals surface area contributed by atoms with Gasteiger partial charge in [-0.2, -0.15) is 0 Å². The Morgan fingerprint density at radius 2 is 1.85 bits per heavy atom. The lowest BCUT2D eigenvalue weighted by molar-refractivity contribution is -0.125. The number of nitrogens with zero attached hydrogens (tertiary/aromatic N) is 3. The fourth-order valence-electron chi connectivity index (χ4n) is 5.76. The quantitative estimate of drug-likeness (QED) is 0.814. The minimum atomic E-state index is 0.151. The molecule has 27 heavy (non-hydrogen) atoms. The zero-order valence-electron chi connectivity index (χ0n) is 17.3. The molecule has 148 valence electrons. The van der Waals surface area contributed by atoms with Gasteiger partial charge in [0.05, 0.1) is 5.92 Å². The number of carbonyl (C=O) groups excluding carboxylic acids is 1. The standard InChI is InChI=1S/C23H35N3O/c1-4-19(5-2)25-16-20(23(17-25)11-14-24(3)15-12-23)22(27)26-13-10-18-8-6-7-9-21(18)26/h6-9,19-20H,4-5,10-17H2,1-3H3. The van der Waals surface area contributed by atoms with Crippen LogP contribution in [-0.2, 0) is 11.2 Å². The van der Waals surface area contributed by atoms with E-state index in [1.807, 2.05) is 0 Å². The zero-order chi connectivity index (χ0) is 19.0. The van der Waals surface area contributed by atoms with Crippen LogP contribution in [0.5, 0.6) is 0 Å². The maximum absolute atomic E-state index is 13.8. The average molecular weight is 370 g/mol. The first kappa shape index (κ1) is 18.9. The van der Waals surface area contributed by atoms with Gasteiger partial charge in [0.15, 0.2) is 0 Å². The van der Waals surface area contributed by atoms with E-state index in [1.165, 1.54) is 18.4 Å². The minimum absolute atomic E-state index is 0.151. The third kappa shape index (κ3) is 3.31. The Hall–Kier alpha value is -1.39. The predicted molar refractivity (Wildman–Crippen MR) is 111 cm³/mol. The maximum Gasteiger partial charge on any atom is 0.232 e. The lowest BCUT2D eigenvalue weighted by atomic mass is 9.70. The lowest BCUT2D eigenvalue weighted by Crippen LogP contribution is -2.48. The van der Waals surface area contributed by atoms with Crippen molar-refractivity contribution in [3.05, 3.63) is 29.8 Å². The van der Waals surface area contributed by atoms with E-state index in [-0.39, 0.29) is 11.3 Å². The molecule has 2 saturated heterocycles. The molecule has 1 aromatic rings. The summed E-state index contributed by atoms with van der Waals surface area (Å²) < 4.78 is 0. The summed E-state index contributed by atoms with van der Waals surface area (Å²) in [6, 6.07) is 9.09. The molecular weight excluding hydrogens is 334 g/mol. The van der Waals surface area contributed by atoms with Gasteiger partial charge in [0.2, 0.25) is 5.91 Å². The maximum atomic E-state index is 13.8. The molecule has 0 N–H and O–H groups in total. The minimum Gasteiger partial charge on any atom is -0.312 e. The van der Waals surface area contributed by atoms with Crippen molar-refractivity contribution in [1.29, 1.82) is 0 Å². The first-order valence-corrected chi connectivity index (χ1v) is 10.9. The van der Waals surface area contributed by atoms with Gasteiger partial charge >= 0.3 is 0 Å². The van der Waals surface area contributed by atoms with E-state index < -0.39 is 0 Å². The van der Waals surface area contributed by atoms with Gasteiger partial charge in [-0.1, -0.05) is 32.0 Å². The van der Waals surface area contributed by atoms with Crippen molar-refractivity contribution in [2.45, 2.75) is 52.0 Å². The molecule has 4 nitrogen and oxygen atoms in total. The van der Waals surface area contributed by atoms with E-state index >= 15 is 0 Å². The van der Waals surface area contributed by atoms with Gasteiger partial charge in [0.25, 0.3) is 0 Å². The molecule has 0 radical (unpaired) electrons. The molecule has 0 aromatic heterocycles. The third-order valence-corrected chi connectivity index (χ3v) is 7.57. The van der Waals surface area contributed by atoms with E-state index in [4.69, 9.17) is 0 Å². The predicted octanol–water partition coefficient (Wildman–Crippen LogP) is 3.41. The van der Waals surface area contributed by atoms with Gasteiger partial charge in [-0.3, -0.25) is 9.69 Å². The first-order valence-electron chi connectivity index (χ1n) is 10.9. The SMILES string of the molecule is CCC(CC)N1CC(C(=O)N2CCc3ccccc32)C2(CCN(C)CC2)C1. The number of fused-ring (bicyclic) bond motifs is 1. The molecule has 1 spiro atoms. The Bertz CT molecular complexity index is 676. The van der Waals surface area contributed by atoms with E-state index in [9.17, 15) is 4.79 Å². The third-order valence-electron chi connectivity index (χ3n) is 7.57. The molecule has 2 fully saturated rings. The Balaban J connectivity index is 1.61. The van der Waals surface area contributed by atoms with Gasteiger partial charge < -0.3 is 9.80 Å². The Labute approximate surface area is 164 Å². The molecule has 3 aliphatic rings. The Morgan fingerprint density at radius 1 is 1.15 bits per heavy atom. The highest BCUT2D eigenvalue weighted by Crippen LogP contribution is 2.47. The molecule has 0 saturated carbocycles. The fraction of sp³-hybridized carbons (Fsp3) is 0.696. The van der Waals surface area contributed by atoms with E-state index in [0.29, 0.717) is 11.9 Å². The topological polar surface area (TPSA) is 26.8 Å². The van der Waals surface area contributed by atoms with Gasteiger partial charge in [0, 0.05) is 31.4 Å².